The number of hydrazone groups is 1. The van der Waals surface area contributed by atoms with Gasteiger partial charge >= 0.3 is 0 Å². The molecule has 6 nitrogen and oxygen atoms in total. The van der Waals surface area contributed by atoms with Crippen LogP contribution in [0.3, 0.4) is 0 Å². The third-order valence-electron chi connectivity index (χ3n) is 5.90. The summed E-state index contributed by atoms with van der Waals surface area (Å²) in [4.78, 5) is 0. The Kier molecular flexibility index (Phi) is 5.35. The highest BCUT2D eigenvalue weighted by Crippen LogP contribution is 2.49. The van der Waals surface area contributed by atoms with Gasteiger partial charge in [-0.1, -0.05) is 18.2 Å². The Morgan fingerprint density at radius 3 is 2.47 bits per heavy atom. The van der Waals surface area contributed by atoms with Gasteiger partial charge in [0.25, 0.3) is 0 Å². The molecule has 2 aliphatic rings. The summed E-state index contributed by atoms with van der Waals surface area (Å²) in [7, 11) is 3.32. The lowest BCUT2D eigenvalue weighted by Gasteiger charge is -2.38. The molecule has 5 rings (SSSR count). The van der Waals surface area contributed by atoms with E-state index >= 15 is 0 Å². The van der Waals surface area contributed by atoms with Crippen LogP contribution >= 0.6 is 0 Å². The maximum absolute atomic E-state index is 6.47. The zero-order chi connectivity index (χ0) is 22.1. The lowest BCUT2D eigenvalue weighted by molar-refractivity contribution is -0.0204. The summed E-state index contributed by atoms with van der Waals surface area (Å²) in [5.74, 6) is 3.21. The second-order valence-electron chi connectivity index (χ2n) is 7.72. The fraction of sp³-hybridized carbons (Fsp3) is 0.269. The fourth-order valence-corrected chi connectivity index (χ4v) is 4.36. The third-order valence-corrected chi connectivity index (χ3v) is 5.90. The highest BCUT2D eigenvalue weighted by Gasteiger charge is 2.42. The first-order valence-electron chi connectivity index (χ1n) is 10.8. The van der Waals surface area contributed by atoms with E-state index in [9.17, 15) is 0 Å². The second kappa shape index (κ2) is 8.46. The maximum atomic E-state index is 6.47. The average Bonchev–Trinajstić information content (AvgIpc) is 3.29. The summed E-state index contributed by atoms with van der Waals surface area (Å²) in [6.07, 6.45) is 0.358. The largest absolute Gasteiger partial charge is 0.497 e. The molecule has 0 amide bonds. The number of hydrogen-bond donors (Lipinski definition) is 0. The molecule has 32 heavy (non-hydrogen) atoms. The number of hydrogen-bond acceptors (Lipinski definition) is 6. The summed E-state index contributed by atoms with van der Waals surface area (Å²) in [6, 6.07) is 22.1. The molecule has 0 aromatic heterocycles. The van der Waals surface area contributed by atoms with Crippen molar-refractivity contribution in [3.63, 3.8) is 0 Å². The number of fused-ring (bicyclic) bond motifs is 3. The lowest BCUT2D eigenvalue weighted by Crippen LogP contribution is -2.33. The Morgan fingerprint density at radius 2 is 1.72 bits per heavy atom. The zero-order valence-electron chi connectivity index (χ0n) is 18.4. The van der Waals surface area contributed by atoms with Crippen LogP contribution in [0.15, 0.2) is 71.8 Å². The monoisotopic (exact) mass is 430 g/mol. The minimum atomic E-state index is -0.430. The van der Waals surface area contributed by atoms with E-state index in [1.807, 2.05) is 60.5 Å². The van der Waals surface area contributed by atoms with Crippen molar-refractivity contribution in [1.82, 2.24) is 5.01 Å². The molecule has 0 saturated heterocycles. The minimum Gasteiger partial charge on any atom is -0.497 e. The summed E-state index contributed by atoms with van der Waals surface area (Å²) >= 11 is 0. The van der Waals surface area contributed by atoms with Gasteiger partial charge in [-0.05, 0) is 61.0 Å². The average molecular weight is 431 g/mol. The Balaban J connectivity index is 1.57. The molecule has 0 N–H and O–H groups in total. The molecule has 164 valence electrons. The molecule has 2 atom stereocenters. The van der Waals surface area contributed by atoms with Gasteiger partial charge in [0, 0.05) is 12.0 Å². The lowest BCUT2D eigenvalue weighted by atomic mass is 9.95. The predicted molar refractivity (Wildman–Crippen MR) is 123 cm³/mol. The quantitative estimate of drug-likeness (QED) is 0.528. The molecule has 0 fully saturated rings. The highest BCUT2D eigenvalue weighted by atomic mass is 16.5. The number of rotatable bonds is 6. The molecular weight excluding hydrogens is 404 g/mol. The van der Waals surface area contributed by atoms with Crippen LogP contribution in [0, 0.1) is 0 Å². The first-order chi connectivity index (χ1) is 15.7. The molecular formula is C26H26N2O4. The number of benzene rings is 3. The smallest absolute Gasteiger partial charge is 0.217 e. The van der Waals surface area contributed by atoms with Crippen LogP contribution in [-0.4, -0.2) is 31.5 Å². The maximum Gasteiger partial charge on any atom is 0.217 e. The molecule has 0 unspecified atom stereocenters. The SMILES string of the molecule is CCOc1ccc(C2=NN3[C@H](C2)c2ccccc2O[C@@H]3c2cc(OC)ccc2OC)cc1. The van der Waals surface area contributed by atoms with Crippen molar-refractivity contribution in [1.29, 1.82) is 0 Å². The summed E-state index contributed by atoms with van der Waals surface area (Å²) < 4.78 is 23.2. The van der Waals surface area contributed by atoms with Crippen LogP contribution in [0.4, 0.5) is 0 Å². The molecule has 2 heterocycles. The molecule has 3 aromatic carbocycles. The predicted octanol–water partition coefficient (Wildman–Crippen LogP) is 5.34. The van der Waals surface area contributed by atoms with E-state index in [4.69, 9.17) is 24.0 Å². The van der Waals surface area contributed by atoms with Crippen molar-refractivity contribution >= 4 is 5.71 Å². The Hall–Kier alpha value is -3.67. The molecule has 0 radical (unpaired) electrons. The molecule has 6 heteroatoms. The van der Waals surface area contributed by atoms with Gasteiger partial charge in [-0.2, -0.15) is 5.10 Å². The van der Waals surface area contributed by atoms with Gasteiger partial charge in [-0.15, -0.1) is 0 Å². The van der Waals surface area contributed by atoms with Crippen LogP contribution in [-0.2, 0) is 0 Å². The summed E-state index contributed by atoms with van der Waals surface area (Å²) in [5, 5.41) is 7.08. The summed E-state index contributed by atoms with van der Waals surface area (Å²) in [6.45, 7) is 2.63. The van der Waals surface area contributed by atoms with Crippen LogP contribution < -0.4 is 18.9 Å². The van der Waals surface area contributed by atoms with Crippen LogP contribution in [0.25, 0.3) is 0 Å². The van der Waals surface area contributed by atoms with E-state index in [2.05, 4.69) is 18.2 Å². The number of para-hydroxylation sites is 1. The van der Waals surface area contributed by atoms with Gasteiger partial charge in [0.2, 0.25) is 6.23 Å². The van der Waals surface area contributed by atoms with E-state index in [0.717, 1.165) is 51.8 Å². The van der Waals surface area contributed by atoms with Crippen molar-refractivity contribution in [3.8, 4) is 23.0 Å². The topological polar surface area (TPSA) is 52.5 Å². The van der Waals surface area contributed by atoms with Gasteiger partial charge in [-0.3, -0.25) is 0 Å². The van der Waals surface area contributed by atoms with Crippen LogP contribution in [0.1, 0.15) is 42.3 Å². The third kappa shape index (κ3) is 3.51. The first kappa shape index (κ1) is 20.2. The van der Waals surface area contributed by atoms with Crippen molar-refractivity contribution in [2.24, 2.45) is 5.10 Å². The van der Waals surface area contributed by atoms with E-state index in [1.54, 1.807) is 14.2 Å². The van der Waals surface area contributed by atoms with Crippen molar-refractivity contribution in [2.45, 2.75) is 25.6 Å². The molecule has 0 aliphatic carbocycles. The standard InChI is InChI=1S/C26H26N2O4/c1-4-31-18-11-9-17(10-12-18)22-16-23-20-7-5-6-8-25(20)32-26(28(23)27-22)21-15-19(29-2)13-14-24(21)30-3/h5-15,23,26H,4,16H2,1-3H3/t23-,26-/m1/s1. The van der Waals surface area contributed by atoms with Gasteiger partial charge in [0.05, 0.1) is 38.1 Å². The second-order valence-corrected chi connectivity index (χ2v) is 7.72. The van der Waals surface area contributed by atoms with Gasteiger partial charge < -0.3 is 18.9 Å². The molecule has 0 saturated carbocycles. The molecule has 2 aliphatic heterocycles. The van der Waals surface area contributed by atoms with Crippen molar-refractivity contribution < 1.29 is 18.9 Å². The molecule has 0 bridgehead atoms. The van der Waals surface area contributed by atoms with Gasteiger partial charge in [0.1, 0.15) is 23.0 Å². The Labute approximate surface area is 188 Å². The number of methoxy groups -OCH3 is 2. The van der Waals surface area contributed by atoms with E-state index in [-0.39, 0.29) is 6.04 Å². The van der Waals surface area contributed by atoms with Gasteiger partial charge in [0.15, 0.2) is 0 Å². The Morgan fingerprint density at radius 1 is 0.938 bits per heavy atom. The van der Waals surface area contributed by atoms with Crippen molar-refractivity contribution in [3.05, 3.63) is 83.4 Å². The van der Waals surface area contributed by atoms with Crippen molar-refractivity contribution in [2.75, 3.05) is 20.8 Å². The summed E-state index contributed by atoms with van der Waals surface area (Å²) in [5.41, 5.74) is 4.11. The number of nitrogens with zero attached hydrogens (tertiary/aromatic N) is 2. The first-order valence-corrected chi connectivity index (χ1v) is 10.8. The highest BCUT2D eigenvalue weighted by molar-refractivity contribution is 6.02. The number of ether oxygens (including phenoxy) is 4. The van der Waals surface area contributed by atoms with Crippen LogP contribution in [0.2, 0.25) is 0 Å². The van der Waals surface area contributed by atoms with Crippen LogP contribution in [0.5, 0.6) is 23.0 Å². The Bertz CT molecular complexity index is 1140. The minimum absolute atomic E-state index is 0.0717. The van der Waals surface area contributed by atoms with Gasteiger partial charge in [-0.25, -0.2) is 5.01 Å². The van der Waals surface area contributed by atoms with E-state index in [1.165, 1.54) is 0 Å². The normalized spacial score (nSPS) is 18.8. The zero-order valence-corrected chi connectivity index (χ0v) is 18.4. The van der Waals surface area contributed by atoms with E-state index < -0.39 is 6.23 Å². The molecule has 0 spiro atoms. The van der Waals surface area contributed by atoms with E-state index in [0.29, 0.717) is 6.61 Å². The molecule has 3 aromatic rings. The fourth-order valence-electron chi connectivity index (χ4n) is 4.36.